The lowest BCUT2D eigenvalue weighted by Gasteiger charge is -2.24. The molecule has 0 fully saturated rings. The maximum Gasteiger partial charge on any atom is 0.0544 e. The summed E-state index contributed by atoms with van der Waals surface area (Å²) in [6.07, 6.45) is 5.55. The number of nitrogens with zero attached hydrogens (tertiary/aromatic N) is 3. The predicted molar refractivity (Wildman–Crippen MR) is 68.4 cm³/mol. The highest BCUT2D eigenvalue weighted by Crippen LogP contribution is 2.18. The molecule has 2 rings (SSSR count). The highest BCUT2D eigenvalue weighted by Gasteiger charge is 2.11. The molecule has 0 unspecified atom stereocenters. The number of aromatic nitrogens is 2. The molecule has 0 aromatic carbocycles. The first-order valence-electron chi connectivity index (χ1n) is 5.77. The van der Waals surface area contributed by atoms with Crippen LogP contribution in [0.25, 0.3) is 0 Å². The van der Waals surface area contributed by atoms with Crippen LogP contribution < -0.4 is 0 Å². The number of rotatable bonds is 4. The van der Waals surface area contributed by atoms with Crippen LogP contribution >= 0.6 is 0 Å². The molecule has 17 heavy (non-hydrogen) atoms. The van der Waals surface area contributed by atoms with Gasteiger partial charge in [0.25, 0.3) is 0 Å². The van der Waals surface area contributed by atoms with Crippen molar-refractivity contribution in [2.45, 2.75) is 19.5 Å². The van der Waals surface area contributed by atoms with Gasteiger partial charge in [0.15, 0.2) is 0 Å². The van der Waals surface area contributed by atoms with E-state index in [1.807, 2.05) is 36.7 Å². The number of hydrogen-bond donors (Lipinski definition) is 0. The second kappa shape index (κ2) is 5.55. The zero-order chi connectivity index (χ0) is 12.1. The van der Waals surface area contributed by atoms with Gasteiger partial charge in [0.2, 0.25) is 0 Å². The van der Waals surface area contributed by atoms with Gasteiger partial charge in [-0.25, -0.2) is 0 Å². The predicted octanol–water partition coefficient (Wildman–Crippen LogP) is 2.67. The number of hydrogen-bond acceptors (Lipinski definition) is 3. The van der Waals surface area contributed by atoms with Gasteiger partial charge in [-0.1, -0.05) is 12.1 Å². The lowest BCUT2D eigenvalue weighted by atomic mass is 10.1. The number of pyridine rings is 2. The van der Waals surface area contributed by atoms with E-state index in [2.05, 4.69) is 34.9 Å². The van der Waals surface area contributed by atoms with Gasteiger partial charge in [-0.2, -0.15) is 0 Å². The van der Waals surface area contributed by atoms with E-state index in [9.17, 15) is 0 Å². The summed E-state index contributed by atoms with van der Waals surface area (Å²) >= 11 is 0. The fraction of sp³-hybridized carbons (Fsp3) is 0.286. The molecule has 0 N–H and O–H groups in total. The molecule has 88 valence electrons. The first-order chi connectivity index (χ1) is 8.27. The summed E-state index contributed by atoms with van der Waals surface area (Å²) in [5.74, 6) is 0. The molecule has 0 radical (unpaired) electrons. The molecular weight excluding hydrogens is 210 g/mol. The van der Waals surface area contributed by atoms with Crippen molar-refractivity contribution in [3.05, 3.63) is 60.2 Å². The topological polar surface area (TPSA) is 29.0 Å². The van der Waals surface area contributed by atoms with Gasteiger partial charge in [-0.05, 0) is 37.7 Å². The Hall–Kier alpha value is -1.74. The molecular formula is C14H17N3. The van der Waals surface area contributed by atoms with Gasteiger partial charge in [0.1, 0.15) is 0 Å². The van der Waals surface area contributed by atoms with Crippen molar-refractivity contribution in [3.8, 4) is 0 Å². The smallest absolute Gasteiger partial charge is 0.0544 e. The van der Waals surface area contributed by atoms with E-state index in [-0.39, 0.29) is 0 Å². The summed E-state index contributed by atoms with van der Waals surface area (Å²) in [7, 11) is 2.10. The highest BCUT2D eigenvalue weighted by molar-refractivity contribution is 5.13. The molecule has 0 spiro atoms. The van der Waals surface area contributed by atoms with Crippen molar-refractivity contribution < 1.29 is 0 Å². The molecule has 0 bridgehead atoms. The highest BCUT2D eigenvalue weighted by atomic mass is 15.1. The second-order valence-corrected chi connectivity index (χ2v) is 4.20. The fourth-order valence-corrected chi connectivity index (χ4v) is 1.76. The minimum absolute atomic E-state index is 0.339. The average Bonchev–Trinajstić information content (AvgIpc) is 2.40. The Morgan fingerprint density at radius 1 is 1.18 bits per heavy atom. The van der Waals surface area contributed by atoms with E-state index in [4.69, 9.17) is 0 Å². The summed E-state index contributed by atoms with van der Waals surface area (Å²) in [4.78, 5) is 10.8. The van der Waals surface area contributed by atoms with Crippen LogP contribution in [0.15, 0.2) is 48.9 Å². The van der Waals surface area contributed by atoms with Crippen molar-refractivity contribution in [2.75, 3.05) is 7.05 Å². The molecule has 2 heterocycles. The van der Waals surface area contributed by atoms with Crippen LogP contribution in [0.2, 0.25) is 0 Å². The van der Waals surface area contributed by atoms with Crippen molar-refractivity contribution in [1.82, 2.24) is 14.9 Å². The summed E-state index contributed by atoms with van der Waals surface area (Å²) in [5.41, 5.74) is 2.32. The maximum absolute atomic E-state index is 4.34. The van der Waals surface area contributed by atoms with Crippen LogP contribution in [-0.4, -0.2) is 21.9 Å². The summed E-state index contributed by atoms with van der Waals surface area (Å²) in [6.45, 7) is 3.02. The quantitative estimate of drug-likeness (QED) is 0.804. The molecule has 0 amide bonds. The van der Waals surface area contributed by atoms with Crippen molar-refractivity contribution in [1.29, 1.82) is 0 Å². The van der Waals surface area contributed by atoms with Gasteiger partial charge in [0, 0.05) is 31.2 Å². The minimum Gasteiger partial charge on any atom is -0.294 e. The zero-order valence-electron chi connectivity index (χ0n) is 10.2. The third-order valence-electron chi connectivity index (χ3n) is 2.97. The summed E-state index contributed by atoms with van der Waals surface area (Å²) in [5, 5.41) is 0. The first-order valence-corrected chi connectivity index (χ1v) is 5.77. The summed E-state index contributed by atoms with van der Waals surface area (Å²) in [6, 6.07) is 10.4. The maximum atomic E-state index is 4.34. The Kier molecular flexibility index (Phi) is 3.83. The van der Waals surface area contributed by atoms with Crippen LogP contribution in [0.5, 0.6) is 0 Å². The Morgan fingerprint density at radius 2 is 2.06 bits per heavy atom. The SMILES string of the molecule is C[C@H](c1cccnc1)N(C)Cc1ccccn1. The van der Waals surface area contributed by atoms with E-state index < -0.39 is 0 Å². The molecule has 0 aliphatic carbocycles. The van der Waals surface area contributed by atoms with Crippen molar-refractivity contribution >= 4 is 0 Å². The van der Waals surface area contributed by atoms with Crippen molar-refractivity contribution in [3.63, 3.8) is 0 Å². The third kappa shape index (κ3) is 3.11. The lowest BCUT2D eigenvalue weighted by molar-refractivity contribution is 0.250. The molecule has 2 aromatic heterocycles. The van der Waals surface area contributed by atoms with E-state index in [1.165, 1.54) is 5.56 Å². The lowest BCUT2D eigenvalue weighted by Crippen LogP contribution is -2.22. The largest absolute Gasteiger partial charge is 0.294 e. The van der Waals surface area contributed by atoms with Gasteiger partial charge < -0.3 is 0 Å². The van der Waals surface area contributed by atoms with Crippen molar-refractivity contribution in [2.24, 2.45) is 0 Å². The monoisotopic (exact) mass is 227 g/mol. The van der Waals surface area contributed by atoms with Crippen LogP contribution in [-0.2, 0) is 6.54 Å². The Morgan fingerprint density at radius 3 is 2.71 bits per heavy atom. The molecule has 1 atom stereocenters. The van der Waals surface area contributed by atoms with Crippen LogP contribution in [0.3, 0.4) is 0 Å². The Labute approximate surface area is 102 Å². The fourth-order valence-electron chi connectivity index (χ4n) is 1.76. The molecule has 3 heteroatoms. The average molecular weight is 227 g/mol. The first kappa shape index (κ1) is 11.7. The van der Waals surface area contributed by atoms with Crippen LogP contribution in [0.1, 0.15) is 24.2 Å². The second-order valence-electron chi connectivity index (χ2n) is 4.20. The Balaban J connectivity index is 2.03. The molecule has 2 aromatic rings. The van der Waals surface area contributed by atoms with E-state index in [0.717, 1.165) is 12.2 Å². The van der Waals surface area contributed by atoms with Crippen LogP contribution in [0, 0.1) is 0 Å². The van der Waals surface area contributed by atoms with E-state index in [1.54, 1.807) is 6.20 Å². The van der Waals surface area contributed by atoms with Gasteiger partial charge in [-0.3, -0.25) is 14.9 Å². The minimum atomic E-state index is 0.339. The standard InChI is InChI=1S/C14H17N3/c1-12(13-6-5-8-15-10-13)17(2)11-14-7-3-4-9-16-14/h3-10,12H,11H2,1-2H3/t12-/m1/s1. The van der Waals surface area contributed by atoms with Gasteiger partial charge in [0.05, 0.1) is 5.69 Å². The van der Waals surface area contributed by atoms with Gasteiger partial charge >= 0.3 is 0 Å². The van der Waals surface area contributed by atoms with E-state index >= 15 is 0 Å². The Bertz CT molecular complexity index is 442. The molecule has 0 saturated heterocycles. The molecule has 0 aliphatic heterocycles. The zero-order valence-corrected chi connectivity index (χ0v) is 10.2. The van der Waals surface area contributed by atoms with E-state index in [0.29, 0.717) is 6.04 Å². The van der Waals surface area contributed by atoms with Crippen LogP contribution in [0.4, 0.5) is 0 Å². The molecule has 3 nitrogen and oxygen atoms in total. The van der Waals surface area contributed by atoms with Gasteiger partial charge in [-0.15, -0.1) is 0 Å². The normalized spacial score (nSPS) is 12.6. The molecule has 0 saturated carbocycles. The summed E-state index contributed by atoms with van der Waals surface area (Å²) < 4.78 is 0. The molecule has 0 aliphatic rings. The third-order valence-corrected chi connectivity index (χ3v) is 2.97.